The maximum Gasteiger partial charge on any atom is 0.326 e. The Kier molecular flexibility index (Phi) is 10.1. The molecule has 0 aromatic carbocycles. The molecule has 0 bridgehead atoms. The normalized spacial score (nSPS) is 13.7. The van der Waals surface area contributed by atoms with Crippen LogP contribution >= 0.6 is 0 Å². The van der Waals surface area contributed by atoms with E-state index in [-0.39, 0.29) is 18.8 Å². The molecule has 0 aliphatic heterocycles. The van der Waals surface area contributed by atoms with E-state index >= 15 is 0 Å². The number of aromatic amines is 1. The van der Waals surface area contributed by atoms with Crippen LogP contribution < -0.4 is 27.4 Å². The van der Waals surface area contributed by atoms with E-state index in [0.717, 1.165) is 0 Å². The summed E-state index contributed by atoms with van der Waals surface area (Å²) in [5.41, 5.74) is 11.2. The molecule has 1 aromatic heterocycles. The first-order valence-corrected chi connectivity index (χ1v) is 9.61. The van der Waals surface area contributed by atoms with Crippen LogP contribution in [0.4, 0.5) is 0 Å². The van der Waals surface area contributed by atoms with Crippen molar-refractivity contribution < 1.29 is 29.1 Å². The minimum Gasteiger partial charge on any atom is -0.480 e. The summed E-state index contributed by atoms with van der Waals surface area (Å²) >= 11 is 0. The molecule has 0 saturated carbocycles. The summed E-state index contributed by atoms with van der Waals surface area (Å²) in [6.07, 6.45) is 2.67. The Bertz CT molecular complexity index is 780. The third-order valence-corrected chi connectivity index (χ3v) is 4.13. The van der Waals surface area contributed by atoms with Gasteiger partial charge in [-0.3, -0.25) is 19.2 Å². The molecule has 3 atom stereocenters. The average Bonchev–Trinajstić information content (AvgIpc) is 3.17. The summed E-state index contributed by atoms with van der Waals surface area (Å²) in [5.74, 6) is -4.09. The lowest BCUT2D eigenvalue weighted by atomic mass is 10.0. The fourth-order valence-electron chi connectivity index (χ4n) is 2.64. The maximum atomic E-state index is 12.6. The molecule has 1 aromatic rings. The fourth-order valence-corrected chi connectivity index (χ4v) is 2.64. The number of nitrogens with one attached hydrogen (secondary N) is 4. The number of nitrogens with zero attached hydrogens (tertiary/aromatic N) is 1. The van der Waals surface area contributed by atoms with Gasteiger partial charge in [0.05, 0.1) is 25.3 Å². The maximum absolute atomic E-state index is 12.6. The minimum atomic E-state index is -1.25. The Morgan fingerprint density at radius 1 is 1.13 bits per heavy atom. The summed E-state index contributed by atoms with van der Waals surface area (Å²) < 4.78 is 0. The number of hydrogen-bond acceptors (Lipinski definition) is 7. The van der Waals surface area contributed by atoms with Gasteiger partial charge in [0.25, 0.3) is 0 Å². The second-order valence-electron chi connectivity index (χ2n) is 7.42. The molecular weight excluding hydrogens is 410 g/mol. The summed E-state index contributed by atoms with van der Waals surface area (Å²) in [4.78, 5) is 65.6. The van der Waals surface area contributed by atoms with E-state index < -0.39 is 60.7 Å². The van der Waals surface area contributed by atoms with E-state index in [1.165, 1.54) is 12.5 Å². The molecule has 1 rings (SSSR count). The van der Waals surface area contributed by atoms with Gasteiger partial charge < -0.3 is 37.5 Å². The Morgan fingerprint density at radius 2 is 1.81 bits per heavy atom. The summed E-state index contributed by atoms with van der Waals surface area (Å²) in [6, 6.07) is -3.47. The highest BCUT2D eigenvalue weighted by Gasteiger charge is 2.26. The van der Waals surface area contributed by atoms with Gasteiger partial charge in [-0.1, -0.05) is 13.8 Å². The summed E-state index contributed by atoms with van der Waals surface area (Å²) in [5, 5.41) is 16.3. The Balaban J connectivity index is 2.73. The lowest BCUT2D eigenvalue weighted by Crippen LogP contribution is -2.54. The number of imidazole rings is 1. The van der Waals surface area contributed by atoms with Gasteiger partial charge in [0.15, 0.2) is 0 Å². The molecule has 13 heteroatoms. The van der Waals surface area contributed by atoms with Gasteiger partial charge >= 0.3 is 5.97 Å². The summed E-state index contributed by atoms with van der Waals surface area (Å²) in [7, 11) is 0. The van der Waals surface area contributed by atoms with E-state index in [1.54, 1.807) is 0 Å². The number of carboxylic acid groups (broad SMARTS) is 1. The van der Waals surface area contributed by atoms with E-state index in [2.05, 4.69) is 25.9 Å². The van der Waals surface area contributed by atoms with Crippen LogP contribution in [0.3, 0.4) is 0 Å². The van der Waals surface area contributed by atoms with Crippen molar-refractivity contribution in [2.45, 2.75) is 51.2 Å². The van der Waals surface area contributed by atoms with Crippen LogP contribution in [0.15, 0.2) is 12.5 Å². The number of aliphatic carboxylic acids is 1. The number of hydrogen-bond donors (Lipinski definition) is 7. The second-order valence-corrected chi connectivity index (χ2v) is 7.42. The van der Waals surface area contributed by atoms with Crippen molar-refractivity contribution in [2.24, 2.45) is 17.4 Å². The van der Waals surface area contributed by atoms with Crippen LogP contribution in [0, 0.1) is 5.92 Å². The number of carbonyl (C=O) groups excluding carboxylic acids is 4. The molecule has 0 aliphatic rings. The van der Waals surface area contributed by atoms with E-state index in [9.17, 15) is 29.1 Å². The van der Waals surface area contributed by atoms with Gasteiger partial charge in [0.2, 0.25) is 23.6 Å². The molecule has 9 N–H and O–H groups in total. The monoisotopic (exact) mass is 439 g/mol. The van der Waals surface area contributed by atoms with Crippen LogP contribution in [0.1, 0.15) is 32.4 Å². The van der Waals surface area contributed by atoms with Crippen molar-refractivity contribution in [3.05, 3.63) is 18.2 Å². The molecule has 0 aliphatic carbocycles. The zero-order chi connectivity index (χ0) is 23.6. The van der Waals surface area contributed by atoms with Crippen molar-refractivity contribution in [3.63, 3.8) is 0 Å². The molecule has 31 heavy (non-hydrogen) atoms. The number of H-pyrrole nitrogens is 1. The van der Waals surface area contributed by atoms with Crippen molar-refractivity contribution >= 4 is 29.6 Å². The van der Waals surface area contributed by atoms with E-state index in [1.807, 2.05) is 13.8 Å². The van der Waals surface area contributed by atoms with Gasteiger partial charge in [-0.15, -0.1) is 0 Å². The van der Waals surface area contributed by atoms with Crippen LogP contribution in [0.2, 0.25) is 0 Å². The predicted octanol–water partition coefficient (Wildman–Crippen LogP) is -2.63. The second kappa shape index (κ2) is 12.3. The molecule has 0 radical (unpaired) electrons. The molecule has 1 heterocycles. The van der Waals surface area contributed by atoms with Crippen LogP contribution in [-0.2, 0) is 30.4 Å². The SMILES string of the molecule is CC(C)CC(NC(=O)CNC(=O)C(Cc1cnc[nH]1)NC(=O)C(N)CC(N)=O)C(=O)O. The number of carboxylic acids is 1. The van der Waals surface area contributed by atoms with Crippen molar-refractivity contribution in [2.75, 3.05) is 6.54 Å². The molecule has 13 nitrogen and oxygen atoms in total. The van der Waals surface area contributed by atoms with Crippen molar-refractivity contribution in [1.82, 2.24) is 25.9 Å². The Morgan fingerprint density at radius 3 is 2.32 bits per heavy atom. The first-order chi connectivity index (χ1) is 14.5. The highest BCUT2D eigenvalue weighted by Crippen LogP contribution is 2.05. The number of primary amides is 1. The number of nitrogens with two attached hydrogens (primary N) is 2. The van der Waals surface area contributed by atoms with Crippen LogP contribution in [-0.4, -0.2) is 69.3 Å². The molecule has 4 amide bonds. The average molecular weight is 439 g/mol. The van der Waals surface area contributed by atoms with Gasteiger partial charge in [-0.25, -0.2) is 9.78 Å². The van der Waals surface area contributed by atoms with Gasteiger partial charge in [-0.05, 0) is 12.3 Å². The molecule has 172 valence electrons. The zero-order valence-electron chi connectivity index (χ0n) is 17.4. The largest absolute Gasteiger partial charge is 0.480 e. The fraction of sp³-hybridized carbons (Fsp3) is 0.556. The van der Waals surface area contributed by atoms with Gasteiger partial charge in [-0.2, -0.15) is 0 Å². The standard InChI is InChI=1S/C18H29N7O6/c1-9(2)3-13(18(30)31)24-15(27)7-22-17(29)12(4-10-6-21-8-23-10)25-16(28)11(19)5-14(20)26/h6,8-9,11-13H,3-5,7,19H2,1-2H3,(H2,20,26)(H,21,23)(H,22,29)(H,24,27)(H,25,28)(H,30,31). The van der Waals surface area contributed by atoms with Gasteiger partial charge in [0, 0.05) is 18.3 Å². The van der Waals surface area contributed by atoms with Crippen LogP contribution in [0.25, 0.3) is 0 Å². The molecule has 3 unspecified atom stereocenters. The highest BCUT2D eigenvalue weighted by molar-refractivity contribution is 5.94. The van der Waals surface area contributed by atoms with Gasteiger partial charge in [0.1, 0.15) is 12.1 Å². The zero-order valence-corrected chi connectivity index (χ0v) is 17.4. The lowest BCUT2D eigenvalue weighted by molar-refractivity contribution is -0.142. The van der Waals surface area contributed by atoms with Crippen molar-refractivity contribution in [3.8, 4) is 0 Å². The molecular formula is C18H29N7O6. The quantitative estimate of drug-likeness (QED) is 0.172. The van der Waals surface area contributed by atoms with Crippen molar-refractivity contribution in [1.29, 1.82) is 0 Å². The molecule has 0 spiro atoms. The number of rotatable bonds is 13. The smallest absolute Gasteiger partial charge is 0.326 e. The number of carbonyl (C=O) groups is 5. The Labute approximate surface area is 178 Å². The lowest BCUT2D eigenvalue weighted by Gasteiger charge is -2.20. The first-order valence-electron chi connectivity index (χ1n) is 9.61. The van der Waals surface area contributed by atoms with E-state index in [4.69, 9.17) is 11.5 Å². The minimum absolute atomic E-state index is 0.00752. The topological polar surface area (TPSA) is 222 Å². The Hall–Kier alpha value is -3.48. The number of amides is 4. The predicted molar refractivity (Wildman–Crippen MR) is 108 cm³/mol. The first kappa shape index (κ1) is 25.6. The molecule has 0 fully saturated rings. The third kappa shape index (κ3) is 9.71. The number of aromatic nitrogens is 2. The van der Waals surface area contributed by atoms with E-state index in [0.29, 0.717) is 5.69 Å². The third-order valence-electron chi connectivity index (χ3n) is 4.13. The summed E-state index contributed by atoms with van der Waals surface area (Å²) in [6.45, 7) is 3.13. The van der Waals surface area contributed by atoms with Crippen LogP contribution in [0.5, 0.6) is 0 Å². The highest BCUT2D eigenvalue weighted by atomic mass is 16.4. The molecule has 0 saturated heterocycles.